The van der Waals surface area contributed by atoms with Gasteiger partial charge in [0.25, 0.3) is 0 Å². The van der Waals surface area contributed by atoms with E-state index in [1.54, 1.807) is 0 Å². The number of nitrogens with zero attached hydrogens (tertiary/aromatic N) is 8. The molecule has 0 unspecified atom stereocenters. The van der Waals surface area contributed by atoms with Crippen molar-refractivity contribution in [3.05, 3.63) is 193 Å². The quantitative estimate of drug-likeness (QED) is 0.0132. The Kier molecular flexibility index (Phi) is 36.2. The molecule has 0 bridgehead atoms. The molecule has 4 aromatic carbocycles. The monoisotopic (exact) mass is 1890 g/mol. The Morgan fingerprint density at radius 1 is 0.348 bits per heavy atom. The maximum atomic E-state index is 13.8. The van der Waals surface area contributed by atoms with Gasteiger partial charge in [0.2, 0.25) is 47.3 Å². The third-order valence-electron chi connectivity index (χ3n) is 28.5. The number of piperidine rings is 4. The van der Waals surface area contributed by atoms with Crippen LogP contribution in [0.15, 0.2) is 148 Å². The lowest BCUT2D eigenvalue weighted by atomic mass is 9.72. The number of aromatic amines is 4. The molecule has 34 heteroatoms. The smallest absolute Gasteiger partial charge is 0.324 e. The van der Waals surface area contributed by atoms with E-state index in [0.29, 0.717) is 168 Å². The highest BCUT2D eigenvalue weighted by molar-refractivity contribution is 6.00. The summed E-state index contributed by atoms with van der Waals surface area (Å²) in [5, 5.41) is 27.1. The number of H-pyrrole nitrogens is 4. The van der Waals surface area contributed by atoms with Crippen molar-refractivity contribution in [1.82, 2.24) is 102 Å². The van der Waals surface area contributed by atoms with Gasteiger partial charge in [-0.15, -0.1) is 26.3 Å². The fourth-order valence-electron chi connectivity index (χ4n) is 22.6. The number of nitrogens with two attached hydrogens (primary N) is 2. The summed E-state index contributed by atoms with van der Waals surface area (Å²) in [4.78, 5) is 180. The van der Waals surface area contributed by atoms with E-state index in [1.807, 2.05) is 52.0 Å². The molecule has 138 heavy (non-hydrogen) atoms. The molecule has 4 aliphatic heterocycles. The fourth-order valence-corrected chi connectivity index (χ4v) is 22.6. The van der Waals surface area contributed by atoms with Gasteiger partial charge in [0.05, 0.1) is 36.8 Å². The summed E-state index contributed by atoms with van der Waals surface area (Å²) in [6.07, 6.45) is 24.5. The molecule has 8 aromatic rings. The maximum absolute atomic E-state index is 13.8. The van der Waals surface area contributed by atoms with Crippen molar-refractivity contribution in [3.63, 3.8) is 0 Å². The van der Waals surface area contributed by atoms with Gasteiger partial charge in [-0.25, -0.2) is 19.2 Å². The molecule has 4 aliphatic carbocycles. The molecule has 12 atom stereocenters. The first-order valence-electron chi connectivity index (χ1n) is 49.4. The van der Waals surface area contributed by atoms with Crippen LogP contribution in [0.3, 0.4) is 0 Å². The molecular weight excluding hydrogens is 1750 g/mol. The lowest BCUT2D eigenvalue weighted by Crippen LogP contribution is -2.55. The lowest BCUT2D eigenvalue weighted by Gasteiger charge is -2.47. The number of carbonyl (C=O) groups excluding carboxylic acids is 12. The zero-order chi connectivity index (χ0) is 98.4. The first kappa shape index (κ1) is 103. The van der Waals surface area contributed by atoms with Crippen LogP contribution >= 0.6 is 0 Å². The van der Waals surface area contributed by atoms with Crippen LogP contribution < -0.4 is 54.0 Å². The number of imide groups is 4. The van der Waals surface area contributed by atoms with Gasteiger partial charge < -0.3 is 73.9 Å². The minimum Gasteiger partial charge on any atom is -0.361 e. The molecule has 0 spiro atoms. The van der Waals surface area contributed by atoms with E-state index < -0.39 is 12.1 Å². The predicted molar refractivity (Wildman–Crippen MR) is 537 cm³/mol. The highest BCUT2D eigenvalue weighted by Gasteiger charge is 2.50. The van der Waals surface area contributed by atoms with Crippen LogP contribution in [0.5, 0.6) is 0 Å². The molecule has 740 valence electrons. The van der Waals surface area contributed by atoms with Crippen molar-refractivity contribution in [3.8, 4) is 0 Å². The number of fused-ring (bicyclic) bond motifs is 8. The Bertz CT molecular complexity index is 5370. The molecule has 8 heterocycles. The number of carbonyl (C=O) groups is 12. The van der Waals surface area contributed by atoms with Crippen LogP contribution in [-0.2, 0) is 64.0 Å². The molecule has 16 rings (SSSR count). The van der Waals surface area contributed by atoms with Crippen LogP contribution in [0.4, 0.5) is 19.2 Å². The van der Waals surface area contributed by atoms with E-state index in [1.165, 1.54) is 99.5 Å². The summed E-state index contributed by atoms with van der Waals surface area (Å²) in [5.74, 6) is -1.76. The Balaban J connectivity index is 0.000000155. The zero-order valence-electron chi connectivity index (χ0n) is 81.0. The molecular formula is C104H142N22O12. The largest absolute Gasteiger partial charge is 0.361 e. The van der Waals surface area contributed by atoms with Crippen LogP contribution in [-0.4, -0.2) is 299 Å². The van der Waals surface area contributed by atoms with Crippen molar-refractivity contribution in [1.29, 1.82) is 0 Å². The van der Waals surface area contributed by atoms with Gasteiger partial charge in [-0.3, -0.25) is 77.6 Å². The number of aromatic nitrogens is 4. The molecule has 4 saturated heterocycles. The van der Waals surface area contributed by atoms with E-state index in [0.717, 1.165) is 47.8 Å². The number of rotatable bonds is 34. The second-order valence-electron chi connectivity index (χ2n) is 37.3. The molecule has 4 aromatic heterocycles. The number of likely N-dealkylation sites (tertiary alicyclic amines) is 4. The Morgan fingerprint density at radius 2 is 0.572 bits per heavy atom. The van der Waals surface area contributed by atoms with E-state index in [-0.39, 0.29) is 158 Å². The number of hydrogen-bond donors (Lipinski definition) is 14. The summed E-state index contributed by atoms with van der Waals surface area (Å²) in [5.41, 5.74) is 25.6. The van der Waals surface area contributed by atoms with Gasteiger partial charge in [-0.2, -0.15) is 0 Å². The van der Waals surface area contributed by atoms with Gasteiger partial charge in [-0.05, 0) is 174 Å². The van der Waals surface area contributed by atoms with E-state index in [2.05, 4.69) is 206 Å². The SMILES string of the molecule is C=CCN1C[C@H](C(=O)N(CCCNC(=O)CN)C(=O)NCC)C[C@@H]2c3cccc4[nH]cc(c34)C[C@H]21.C=CCN1C[C@H](C(=O)N(CCCNC(=O)CN)C(=O)NCC)C[C@@H]2c3cccc4[nH]cc(c34)C[C@H]21.C=CCN1C[C@H](C(=O)N(CCCNC(C)=O)C(=O)NCC)C[C@@H]2c3cccc4[nH]cc(c34)C[C@H]21.C=CCN1C[C@H](C(=O)N(CCCNC(C)=O)C(=O)NCC)C[C@@H]2c3cccc4[nH]cc(c34)C[C@H]21. The standard InChI is InChI=1S/2C26H36N6O3.2C26H35N5O3/c2*1-3-10-31-16-18(25(34)32(26(35)28-4-2)11-6-9-29-23(33)14-27)12-20-19-7-5-8-21-24(19)17(15-30-21)13-22(20)31;2*1-4-11-30-16-19(25(33)31(26(34)27-5-2)12-7-10-28-17(3)32)13-21-20-8-6-9-22-24(20)18(15-29-22)14-23(21)30/h2*3,5,7-8,15,18,20,22,30H,1,4,6,9-14,16,27H2,2H3,(H,28,35)(H,29,33);2*4,6,8-9,15,19,21,23,29H,1,5,7,10-14,16H2,2-3H3,(H,27,34)(H,28,32)/t2*18-,20-,22-;2*19-,21-,23-/m1111/s1. The minimum atomic E-state index is -0.390. The Labute approximate surface area is 808 Å². The van der Waals surface area contributed by atoms with Gasteiger partial charge in [0.1, 0.15) is 0 Å². The molecule has 0 saturated carbocycles. The second kappa shape index (κ2) is 48.6. The molecule has 16 N–H and O–H groups in total. The van der Waals surface area contributed by atoms with Crippen LogP contribution in [0.2, 0.25) is 0 Å². The van der Waals surface area contributed by atoms with Gasteiger partial charge in [0, 0.05) is 261 Å². The topological polar surface area (TPSA) is 442 Å². The third kappa shape index (κ3) is 23.7. The summed E-state index contributed by atoms with van der Waals surface area (Å²) in [7, 11) is 0. The average molecular weight is 1890 g/mol. The van der Waals surface area contributed by atoms with Crippen LogP contribution in [0.1, 0.15) is 161 Å². The molecule has 34 nitrogen and oxygen atoms in total. The van der Waals surface area contributed by atoms with Crippen LogP contribution in [0.25, 0.3) is 43.6 Å². The van der Waals surface area contributed by atoms with Crippen molar-refractivity contribution in [2.24, 2.45) is 35.1 Å². The number of hydrogen-bond acceptors (Lipinski definition) is 18. The normalized spacial score (nSPS) is 21.4. The Morgan fingerprint density at radius 3 is 0.775 bits per heavy atom. The number of urea groups is 4. The summed E-state index contributed by atoms with van der Waals surface area (Å²) in [6, 6.07) is 25.1. The van der Waals surface area contributed by atoms with Crippen molar-refractivity contribution in [2.45, 2.75) is 166 Å². The van der Waals surface area contributed by atoms with Crippen molar-refractivity contribution < 1.29 is 57.5 Å². The van der Waals surface area contributed by atoms with Crippen molar-refractivity contribution in [2.75, 3.05) is 144 Å². The Hall–Kier alpha value is -12.6. The second-order valence-corrected chi connectivity index (χ2v) is 37.3. The summed E-state index contributed by atoms with van der Waals surface area (Å²) < 4.78 is 0. The molecule has 4 fully saturated rings. The molecule has 16 amide bonds. The minimum absolute atomic E-state index is 0.0850. The predicted octanol–water partition coefficient (Wildman–Crippen LogP) is 8.95. The van der Waals surface area contributed by atoms with Crippen LogP contribution in [0, 0.1) is 23.7 Å². The summed E-state index contributed by atoms with van der Waals surface area (Å²) >= 11 is 0. The third-order valence-corrected chi connectivity index (χ3v) is 28.5. The average Bonchev–Trinajstić information content (AvgIpc) is 1.46. The highest BCUT2D eigenvalue weighted by Crippen LogP contribution is 2.50. The van der Waals surface area contributed by atoms with Gasteiger partial charge in [-0.1, -0.05) is 72.8 Å². The van der Waals surface area contributed by atoms with Crippen molar-refractivity contribution >= 4 is 115 Å². The zero-order valence-corrected chi connectivity index (χ0v) is 81.0. The first-order valence-corrected chi connectivity index (χ1v) is 49.4. The van der Waals surface area contributed by atoms with E-state index >= 15 is 0 Å². The maximum Gasteiger partial charge on any atom is 0.324 e. The molecule has 8 aliphatic rings. The van der Waals surface area contributed by atoms with Gasteiger partial charge >= 0.3 is 24.1 Å². The van der Waals surface area contributed by atoms with E-state index in [9.17, 15) is 57.5 Å². The fraction of sp³-hybridized carbons (Fsp3) is 0.500. The highest BCUT2D eigenvalue weighted by atomic mass is 16.2. The first-order chi connectivity index (χ1) is 66.8. The summed E-state index contributed by atoms with van der Waals surface area (Å²) in [6.45, 7) is 35.3. The molecule has 0 radical (unpaired) electrons. The number of amides is 16. The van der Waals surface area contributed by atoms with E-state index in [4.69, 9.17) is 11.5 Å². The number of nitrogens with one attached hydrogen (secondary N) is 12. The van der Waals surface area contributed by atoms with Gasteiger partial charge in [0.15, 0.2) is 0 Å². The number of benzene rings is 4. The lowest BCUT2D eigenvalue weighted by molar-refractivity contribution is -0.136.